The lowest BCUT2D eigenvalue weighted by molar-refractivity contribution is 0.104. The van der Waals surface area contributed by atoms with Gasteiger partial charge in [0.25, 0.3) is 0 Å². The van der Waals surface area contributed by atoms with Gasteiger partial charge in [-0.3, -0.25) is 4.79 Å². The molecule has 1 heterocycles. The van der Waals surface area contributed by atoms with Gasteiger partial charge >= 0.3 is 0 Å². The molecule has 0 unspecified atom stereocenters. The summed E-state index contributed by atoms with van der Waals surface area (Å²) in [5.41, 5.74) is 1.15. The molecule has 13 heavy (non-hydrogen) atoms. The summed E-state index contributed by atoms with van der Waals surface area (Å²) in [7, 11) is 3.78. The molecule has 0 aliphatic rings. The molecule has 0 aliphatic heterocycles. The SMILES string of the molecule is Cc1csc(C(=O)C=CN(C)C)c1. The highest BCUT2D eigenvalue weighted by molar-refractivity contribution is 7.12. The topological polar surface area (TPSA) is 20.3 Å². The molecular formula is C10H13NOS. The van der Waals surface area contributed by atoms with Crippen molar-refractivity contribution in [3.63, 3.8) is 0 Å². The molecule has 1 rings (SSSR count). The van der Waals surface area contributed by atoms with Crippen LogP contribution in [-0.4, -0.2) is 24.8 Å². The van der Waals surface area contributed by atoms with E-state index in [-0.39, 0.29) is 5.78 Å². The van der Waals surface area contributed by atoms with Gasteiger partial charge in [0.05, 0.1) is 4.88 Å². The van der Waals surface area contributed by atoms with Crippen LogP contribution >= 0.6 is 11.3 Å². The van der Waals surface area contributed by atoms with E-state index in [0.717, 1.165) is 10.4 Å². The van der Waals surface area contributed by atoms with Gasteiger partial charge in [0.15, 0.2) is 5.78 Å². The summed E-state index contributed by atoms with van der Waals surface area (Å²) in [6, 6.07) is 1.91. The molecule has 0 N–H and O–H groups in total. The van der Waals surface area contributed by atoms with Crippen molar-refractivity contribution in [1.82, 2.24) is 4.90 Å². The Morgan fingerprint density at radius 3 is 2.69 bits per heavy atom. The Morgan fingerprint density at radius 2 is 2.23 bits per heavy atom. The van der Waals surface area contributed by atoms with Gasteiger partial charge in [0.2, 0.25) is 0 Å². The minimum Gasteiger partial charge on any atom is -0.383 e. The molecule has 0 radical (unpaired) electrons. The molecule has 1 aromatic rings. The Morgan fingerprint density at radius 1 is 1.54 bits per heavy atom. The Hall–Kier alpha value is -1.09. The highest BCUT2D eigenvalue weighted by Gasteiger charge is 2.03. The van der Waals surface area contributed by atoms with Crippen molar-refractivity contribution in [2.24, 2.45) is 0 Å². The minimum absolute atomic E-state index is 0.0757. The number of nitrogens with zero attached hydrogens (tertiary/aromatic N) is 1. The maximum atomic E-state index is 11.5. The van der Waals surface area contributed by atoms with Crippen molar-refractivity contribution in [2.75, 3.05) is 14.1 Å². The van der Waals surface area contributed by atoms with Gasteiger partial charge in [-0.15, -0.1) is 11.3 Å². The monoisotopic (exact) mass is 195 g/mol. The van der Waals surface area contributed by atoms with Gasteiger partial charge in [-0.25, -0.2) is 0 Å². The molecule has 70 valence electrons. The van der Waals surface area contributed by atoms with Crippen LogP contribution < -0.4 is 0 Å². The van der Waals surface area contributed by atoms with E-state index in [2.05, 4.69) is 0 Å². The summed E-state index contributed by atoms with van der Waals surface area (Å²) in [6.45, 7) is 1.99. The zero-order chi connectivity index (χ0) is 9.84. The highest BCUT2D eigenvalue weighted by Crippen LogP contribution is 2.14. The smallest absolute Gasteiger partial charge is 0.197 e. The number of carbonyl (C=O) groups is 1. The van der Waals surface area contributed by atoms with Crippen LogP contribution in [0.15, 0.2) is 23.7 Å². The first-order chi connectivity index (χ1) is 6.09. The maximum absolute atomic E-state index is 11.5. The fourth-order valence-electron chi connectivity index (χ4n) is 0.859. The Balaban J connectivity index is 2.69. The number of carbonyl (C=O) groups excluding carboxylic acids is 1. The lowest BCUT2D eigenvalue weighted by atomic mass is 10.3. The number of hydrogen-bond donors (Lipinski definition) is 0. The number of rotatable bonds is 3. The van der Waals surface area contributed by atoms with Crippen LogP contribution in [0.25, 0.3) is 0 Å². The molecule has 0 bridgehead atoms. The summed E-state index contributed by atoms with van der Waals surface area (Å²) in [5.74, 6) is 0.0757. The van der Waals surface area contributed by atoms with Crippen molar-refractivity contribution < 1.29 is 4.79 Å². The summed E-state index contributed by atoms with van der Waals surface area (Å²) >= 11 is 1.49. The quantitative estimate of drug-likeness (QED) is 0.545. The first kappa shape index (κ1) is 9.99. The molecule has 1 aromatic heterocycles. The molecule has 0 atom stereocenters. The summed E-state index contributed by atoms with van der Waals surface area (Å²) in [5, 5.41) is 1.98. The number of thiophene rings is 1. The third kappa shape index (κ3) is 3.03. The van der Waals surface area contributed by atoms with E-state index in [4.69, 9.17) is 0 Å². The van der Waals surface area contributed by atoms with E-state index in [1.807, 2.05) is 37.4 Å². The first-order valence-corrected chi connectivity index (χ1v) is 4.91. The third-order valence-electron chi connectivity index (χ3n) is 1.50. The van der Waals surface area contributed by atoms with Crippen LogP contribution in [0.1, 0.15) is 15.2 Å². The molecule has 0 saturated carbocycles. The second-order valence-electron chi connectivity index (χ2n) is 3.13. The fourth-order valence-corrected chi connectivity index (χ4v) is 1.68. The minimum atomic E-state index is 0.0757. The predicted molar refractivity (Wildman–Crippen MR) is 56.2 cm³/mol. The van der Waals surface area contributed by atoms with Crippen LogP contribution in [-0.2, 0) is 0 Å². The van der Waals surface area contributed by atoms with Crippen molar-refractivity contribution in [1.29, 1.82) is 0 Å². The number of aryl methyl sites for hydroxylation is 1. The Bertz CT molecular complexity index is 325. The zero-order valence-corrected chi connectivity index (χ0v) is 8.89. The van der Waals surface area contributed by atoms with Gasteiger partial charge in [-0.2, -0.15) is 0 Å². The lowest BCUT2D eigenvalue weighted by Crippen LogP contribution is -2.02. The second-order valence-corrected chi connectivity index (χ2v) is 4.04. The summed E-state index contributed by atoms with van der Waals surface area (Å²) in [6.07, 6.45) is 3.35. The lowest BCUT2D eigenvalue weighted by Gasteiger charge is -2.01. The normalized spacial score (nSPS) is 10.7. The van der Waals surface area contributed by atoms with E-state index in [1.165, 1.54) is 11.3 Å². The highest BCUT2D eigenvalue weighted by atomic mass is 32.1. The molecule has 0 spiro atoms. The van der Waals surface area contributed by atoms with Crippen molar-refractivity contribution >= 4 is 17.1 Å². The van der Waals surface area contributed by atoms with Crippen molar-refractivity contribution in [3.05, 3.63) is 34.2 Å². The van der Waals surface area contributed by atoms with Gasteiger partial charge < -0.3 is 4.90 Å². The van der Waals surface area contributed by atoms with Crippen LogP contribution in [0.5, 0.6) is 0 Å². The van der Waals surface area contributed by atoms with Crippen molar-refractivity contribution in [3.8, 4) is 0 Å². The van der Waals surface area contributed by atoms with Crippen LogP contribution in [0, 0.1) is 6.92 Å². The molecule has 0 fully saturated rings. The summed E-state index contributed by atoms with van der Waals surface area (Å²) < 4.78 is 0. The first-order valence-electron chi connectivity index (χ1n) is 4.03. The van der Waals surface area contributed by atoms with Crippen LogP contribution in [0.3, 0.4) is 0 Å². The average molecular weight is 195 g/mol. The van der Waals surface area contributed by atoms with Crippen molar-refractivity contribution in [2.45, 2.75) is 6.92 Å². The molecule has 0 aromatic carbocycles. The molecule has 3 heteroatoms. The number of ketones is 1. The molecule has 0 amide bonds. The van der Waals surface area contributed by atoms with Crippen LogP contribution in [0.2, 0.25) is 0 Å². The standard InChI is InChI=1S/C10H13NOS/c1-8-6-10(13-7-8)9(12)4-5-11(2)3/h4-7H,1-3H3. The molecule has 0 aliphatic carbocycles. The summed E-state index contributed by atoms with van der Waals surface area (Å²) in [4.78, 5) is 14.1. The third-order valence-corrected chi connectivity index (χ3v) is 2.56. The second kappa shape index (κ2) is 4.23. The largest absolute Gasteiger partial charge is 0.383 e. The number of hydrogen-bond acceptors (Lipinski definition) is 3. The van der Waals surface area contributed by atoms with Gasteiger partial charge in [-0.1, -0.05) is 0 Å². The van der Waals surface area contributed by atoms with Crippen LogP contribution in [0.4, 0.5) is 0 Å². The molecule has 0 saturated heterocycles. The van der Waals surface area contributed by atoms with E-state index in [0.29, 0.717) is 0 Å². The average Bonchev–Trinajstić information content (AvgIpc) is 2.47. The zero-order valence-electron chi connectivity index (χ0n) is 8.07. The Labute approximate surface area is 82.5 Å². The van der Waals surface area contributed by atoms with E-state index < -0.39 is 0 Å². The predicted octanol–water partition coefficient (Wildman–Crippen LogP) is 2.31. The van der Waals surface area contributed by atoms with Gasteiger partial charge in [-0.05, 0) is 23.9 Å². The maximum Gasteiger partial charge on any atom is 0.197 e. The van der Waals surface area contributed by atoms with E-state index in [1.54, 1.807) is 12.3 Å². The number of allylic oxidation sites excluding steroid dienone is 1. The van der Waals surface area contributed by atoms with E-state index >= 15 is 0 Å². The molecule has 2 nitrogen and oxygen atoms in total. The Kier molecular flexibility index (Phi) is 3.25. The van der Waals surface area contributed by atoms with Gasteiger partial charge in [0.1, 0.15) is 0 Å². The molecular weight excluding hydrogens is 182 g/mol. The van der Waals surface area contributed by atoms with E-state index in [9.17, 15) is 4.79 Å². The fraction of sp³-hybridized carbons (Fsp3) is 0.300. The van der Waals surface area contributed by atoms with Gasteiger partial charge in [0, 0.05) is 26.4 Å².